The smallest absolute Gasteiger partial charge is 0.319 e. The van der Waals surface area contributed by atoms with Gasteiger partial charge in [-0.05, 0) is 44.5 Å². The summed E-state index contributed by atoms with van der Waals surface area (Å²) >= 11 is 0. The second-order valence-corrected chi connectivity index (χ2v) is 5.11. The van der Waals surface area contributed by atoms with E-state index in [9.17, 15) is 9.59 Å². The van der Waals surface area contributed by atoms with Gasteiger partial charge in [0.2, 0.25) is 5.91 Å². The minimum absolute atomic E-state index is 0.00967. The summed E-state index contributed by atoms with van der Waals surface area (Å²) in [5.74, 6) is -0.00967. The summed E-state index contributed by atoms with van der Waals surface area (Å²) in [5.41, 5.74) is 1.34. The Balaban J connectivity index is 1.87. The van der Waals surface area contributed by atoms with Crippen LogP contribution in [0.1, 0.15) is 26.2 Å². The molecule has 2 rings (SSSR count). The summed E-state index contributed by atoms with van der Waals surface area (Å²) in [6.07, 6.45) is 2.66. The Morgan fingerprint density at radius 1 is 1.29 bits per heavy atom. The van der Waals surface area contributed by atoms with Gasteiger partial charge in [-0.3, -0.25) is 4.79 Å². The highest BCUT2D eigenvalue weighted by Gasteiger charge is 2.17. The monoisotopic (exact) mass is 290 g/mol. The van der Waals surface area contributed by atoms with E-state index in [4.69, 9.17) is 0 Å². The minimum atomic E-state index is -0.254. The second kappa shape index (κ2) is 7.64. The molecule has 1 unspecified atom stereocenters. The van der Waals surface area contributed by atoms with E-state index in [0.717, 1.165) is 19.4 Å². The van der Waals surface area contributed by atoms with Crippen molar-refractivity contribution in [3.63, 3.8) is 0 Å². The van der Waals surface area contributed by atoms with E-state index in [0.29, 0.717) is 24.3 Å². The Hall–Kier alpha value is -2.08. The van der Waals surface area contributed by atoms with Crippen molar-refractivity contribution in [1.82, 2.24) is 10.6 Å². The Labute approximate surface area is 124 Å². The zero-order valence-corrected chi connectivity index (χ0v) is 12.2. The number of anilines is 2. The molecule has 0 aliphatic carbocycles. The van der Waals surface area contributed by atoms with E-state index in [-0.39, 0.29) is 18.0 Å². The third kappa shape index (κ3) is 5.07. The van der Waals surface area contributed by atoms with Gasteiger partial charge in [-0.25, -0.2) is 4.79 Å². The number of urea groups is 1. The van der Waals surface area contributed by atoms with Crippen LogP contribution in [0.5, 0.6) is 0 Å². The molecule has 6 heteroatoms. The van der Waals surface area contributed by atoms with E-state index in [1.54, 1.807) is 18.2 Å². The molecule has 0 aromatic heterocycles. The van der Waals surface area contributed by atoms with E-state index >= 15 is 0 Å². The molecule has 3 amide bonds. The molecule has 114 valence electrons. The maximum Gasteiger partial charge on any atom is 0.319 e. The van der Waals surface area contributed by atoms with Crippen LogP contribution in [0.4, 0.5) is 16.2 Å². The maximum atomic E-state index is 12.0. The molecule has 4 N–H and O–H groups in total. The highest BCUT2D eigenvalue weighted by atomic mass is 16.2. The third-order valence-electron chi connectivity index (χ3n) is 3.34. The van der Waals surface area contributed by atoms with Crippen molar-refractivity contribution >= 4 is 23.3 Å². The molecule has 6 nitrogen and oxygen atoms in total. The summed E-state index contributed by atoms with van der Waals surface area (Å²) in [7, 11) is 0. The lowest BCUT2D eigenvalue weighted by Crippen LogP contribution is -2.28. The molecule has 1 fully saturated rings. The lowest BCUT2D eigenvalue weighted by atomic mass is 10.1. The zero-order valence-electron chi connectivity index (χ0n) is 12.2. The van der Waals surface area contributed by atoms with Crippen molar-refractivity contribution in [3.8, 4) is 0 Å². The van der Waals surface area contributed by atoms with Gasteiger partial charge in [0.15, 0.2) is 0 Å². The zero-order chi connectivity index (χ0) is 15.1. The van der Waals surface area contributed by atoms with Gasteiger partial charge in [-0.15, -0.1) is 0 Å². The molecule has 1 atom stereocenters. The Kier molecular flexibility index (Phi) is 5.57. The number of hydrogen-bond acceptors (Lipinski definition) is 3. The van der Waals surface area contributed by atoms with Crippen molar-refractivity contribution in [1.29, 1.82) is 0 Å². The Bertz CT molecular complexity index is 498. The molecule has 1 heterocycles. The van der Waals surface area contributed by atoms with Gasteiger partial charge >= 0.3 is 6.03 Å². The Morgan fingerprint density at radius 3 is 2.71 bits per heavy atom. The lowest BCUT2D eigenvalue weighted by Gasteiger charge is -2.11. The molecular formula is C15H22N4O2. The lowest BCUT2D eigenvalue weighted by molar-refractivity contribution is -0.116. The van der Waals surface area contributed by atoms with Crippen LogP contribution in [0.2, 0.25) is 0 Å². The van der Waals surface area contributed by atoms with Gasteiger partial charge < -0.3 is 21.3 Å². The number of benzene rings is 1. The summed E-state index contributed by atoms with van der Waals surface area (Å²) in [6.45, 7) is 3.41. The molecule has 0 spiro atoms. The van der Waals surface area contributed by atoms with Crippen LogP contribution < -0.4 is 21.3 Å². The number of carbonyl (C=O) groups is 2. The normalized spacial score (nSPS) is 17.3. The average Bonchev–Trinajstić information content (AvgIpc) is 2.92. The van der Waals surface area contributed by atoms with Crippen LogP contribution in [-0.4, -0.2) is 31.1 Å². The Morgan fingerprint density at radius 2 is 2.05 bits per heavy atom. The predicted octanol–water partition coefficient (Wildman–Crippen LogP) is 1.91. The maximum absolute atomic E-state index is 12.0. The number of carbonyl (C=O) groups excluding carboxylic acids is 2. The molecule has 0 bridgehead atoms. The first kappa shape index (κ1) is 15.3. The molecule has 1 aromatic carbocycles. The molecule has 0 radical (unpaired) electrons. The average molecular weight is 290 g/mol. The van der Waals surface area contributed by atoms with Crippen molar-refractivity contribution < 1.29 is 9.59 Å². The van der Waals surface area contributed by atoms with Crippen molar-refractivity contribution in [2.45, 2.75) is 32.2 Å². The minimum Gasteiger partial charge on any atom is -0.338 e. The van der Waals surface area contributed by atoms with Crippen molar-refractivity contribution in [2.75, 3.05) is 23.7 Å². The predicted molar refractivity (Wildman–Crippen MR) is 83.4 cm³/mol. The quantitative estimate of drug-likeness (QED) is 0.668. The summed E-state index contributed by atoms with van der Waals surface area (Å²) in [4.78, 5) is 23.4. The van der Waals surface area contributed by atoms with Crippen LogP contribution in [0, 0.1) is 0 Å². The molecule has 1 saturated heterocycles. The van der Waals surface area contributed by atoms with Crippen LogP contribution >= 0.6 is 0 Å². The first-order valence-corrected chi connectivity index (χ1v) is 7.35. The fourth-order valence-electron chi connectivity index (χ4n) is 2.38. The van der Waals surface area contributed by atoms with Gasteiger partial charge in [0, 0.05) is 30.4 Å². The van der Waals surface area contributed by atoms with Crippen molar-refractivity contribution in [3.05, 3.63) is 24.3 Å². The van der Waals surface area contributed by atoms with E-state index in [1.165, 1.54) is 0 Å². The van der Waals surface area contributed by atoms with Gasteiger partial charge in [0.1, 0.15) is 0 Å². The van der Waals surface area contributed by atoms with Gasteiger partial charge in [-0.1, -0.05) is 6.07 Å². The first-order valence-electron chi connectivity index (χ1n) is 7.35. The van der Waals surface area contributed by atoms with Gasteiger partial charge in [0.25, 0.3) is 0 Å². The number of hydrogen-bond donors (Lipinski definition) is 4. The third-order valence-corrected chi connectivity index (χ3v) is 3.34. The summed E-state index contributed by atoms with van der Waals surface area (Å²) in [6, 6.07) is 7.16. The number of amides is 3. The SMILES string of the molecule is CCNC(=O)Nc1cccc(NC(=O)CC2CCCN2)c1. The van der Waals surface area contributed by atoms with E-state index in [1.807, 2.05) is 13.0 Å². The van der Waals surface area contributed by atoms with Crippen LogP contribution in [-0.2, 0) is 4.79 Å². The molecule has 1 aliphatic heterocycles. The number of rotatable bonds is 5. The molecule has 0 saturated carbocycles. The highest BCUT2D eigenvalue weighted by Crippen LogP contribution is 2.16. The molecular weight excluding hydrogens is 268 g/mol. The van der Waals surface area contributed by atoms with Crippen LogP contribution in [0.25, 0.3) is 0 Å². The largest absolute Gasteiger partial charge is 0.338 e. The first-order chi connectivity index (χ1) is 10.2. The fourth-order valence-corrected chi connectivity index (χ4v) is 2.38. The van der Waals surface area contributed by atoms with E-state index < -0.39 is 0 Å². The van der Waals surface area contributed by atoms with Gasteiger partial charge in [-0.2, -0.15) is 0 Å². The molecule has 21 heavy (non-hydrogen) atoms. The van der Waals surface area contributed by atoms with E-state index in [2.05, 4.69) is 21.3 Å². The van der Waals surface area contributed by atoms with Gasteiger partial charge in [0.05, 0.1) is 0 Å². The standard InChI is InChI=1S/C15H22N4O2/c1-2-16-15(21)19-13-6-3-5-12(9-13)18-14(20)10-11-7-4-8-17-11/h3,5-6,9,11,17H,2,4,7-8,10H2,1H3,(H,18,20)(H2,16,19,21). The molecule has 1 aromatic rings. The second-order valence-electron chi connectivity index (χ2n) is 5.11. The van der Waals surface area contributed by atoms with Crippen molar-refractivity contribution in [2.24, 2.45) is 0 Å². The van der Waals surface area contributed by atoms with Crippen LogP contribution in [0.15, 0.2) is 24.3 Å². The summed E-state index contributed by atoms with van der Waals surface area (Å²) in [5, 5.41) is 11.5. The highest BCUT2D eigenvalue weighted by molar-refractivity contribution is 5.93. The fraction of sp³-hybridized carbons (Fsp3) is 0.467. The summed E-state index contributed by atoms with van der Waals surface area (Å²) < 4.78 is 0. The van der Waals surface area contributed by atoms with Crippen LogP contribution in [0.3, 0.4) is 0 Å². The topological polar surface area (TPSA) is 82.3 Å². The molecule has 1 aliphatic rings. The number of nitrogens with one attached hydrogen (secondary N) is 4.